The van der Waals surface area contributed by atoms with Crippen LogP contribution >= 0.6 is 0 Å². The number of benzene rings is 1. The molecular weight excluding hydrogens is 160 g/mol. The second-order valence-corrected chi connectivity index (χ2v) is 3.48. The Hall–Kier alpha value is -1.11. The number of unbranched alkanes of at least 4 members (excludes halogenated alkanes) is 1. The SMILES string of the molecule is Cc1ccc(CCCC=O)cc1C. The van der Waals surface area contributed by atoms with Crippen LogP contribution in [0.2, 0.25) is 0 Å². The van der Waals surface area contributed by atoms with E-state index in [1.54, 1.807) is 0 Å². The van der Waals surface area contributed by atoms with Crippen LogP contribution in [-0.4, -0.2) is 6.29 Å². The average Bonchev–Trinajstić information content (AvgIpc) is 2.12. The summed E-state index contributed by atoms with van der Waals surface area (Å²) in [6.07, 6.45) is 3.64. The molecule has 0 saturated carbocycles. The molecule has 0 aromatic heterocycles. The summed E-state index contributed by atoms with van der Waals surface area (Å²) < 4.78 is 0. The van der Waals surface area contributed by atoms with Crippen molar-refractivity contribution < 1.29 is 4.79 Å². The molecule has 0 spiro atoms. The number of aryl methyl sites for hydroxylation is 3. The van der Waals surface area contributed by atoms with Crippen LogP contribution in [0.15, 0.2) is 18.2 Å². The van der Waals surface area contributed by atoms with E-state index in [9.17, 15) is 4.79 Å². The smallest absolute Gasteiger partial charge is 0.120 e. The van der Waals surface area contributed by atoms with Crippen molar-refractivity contribution in [3.05, 3.63) is 34.9 Å². The number of hydrogen-bond donors (Lipinski definition) is 0. The van der Waals surface area contributed by atoms with E-state index in [4.69, 9.17) is 0 Å². The van der Waals surface area contributed by atoms with Gasteiger partial charge in [-0.25, -0.2) is 0 Å². The minimum atomic E-state index is 0.674. The fraction of sp³-hybridized carbons (Fsp3) is 0.417. The summed E-state index contributed by atoms with van der Waals surface area (Å²) in [5.74, 6) is 0. The summed E-state index contributed by atoms with van der Waals surface area (Å²) in [7, 11) is 0. The lowest BCUT2D eigenvalue weighted by molar-refractivity contribution is -0.107. The molecule has 0 aliphatic carbocycles. The van der Waals surface area contributed by atoms with Crippen LogP contribution in [0, 0.1) is 13.8 Å². The molecule has 0 heterocycles. The van der Waals surface area contributed by atoms with Crippen molar-refractivity contribution in [2.24, 2.45) is 0 Å². The topological polar surface area (TPSA) is 17.1 Å². The number of hydrogen-bond acceptors (Lipinski definition) is 1. The van der Waals surface area contributed by atoms with Crippen molar-refractivity contribution >= 4 is 6.29 Å². The maximum absolute atomic E-state index is 10.1. The van der Waals surface area contributed by atoms with Gasteiger partial charge in [0.1, 0.15) is 6.29 Å². The van der Waals surface area contributed by atoms with Gasteiger partial charge in [-0.1, -0.05) is 18.2 Å². The average molecular weight is 176 g/mol. The first-order chi connectivity index (χ1) is 6.24. The van der Waals surface area contributed by atoms with Crippen LogP contribution < -0.4 is 0 Å². The largest absolute Gasteiger partial charge is 0.303 e. The molecule has 0 bridgehead atoms. The first-order valence-electron chi connectivity index (χ1n) is 4.74. The van der Waals surface area contributed by atoms with Gasteiger partial charge in [-0.05, 0) is 43.4 Å². The lowest BCUT2D eigenvalue weighted by Gasteiger charge is -2.03. The second-order valence-electron chi connectivity index (χ2n) is 3.48. The molecule has 0 saturated heterocycles. The first kappa shape index (κ1) is 9.97. The number of carbonyl (C=O) groups is 1. The van der Waals surface area contributed by atoms with Gasteiger partial charge in [0.25, 0.3) is 0 Å². The van der Waals surface area contributed by atoms with Gasteiger partial charge in [-0.15, -0.1) is 0 Å². The lowest BCUT2D eigenvalue weighted by Crippen LogP contribution is -1.89. The van der Waals surface area contributed by atoms with Gasteiger partial charge in [0, 0.05) is 6.42 Å². The first-order valence-corrected chi connectivity index (χ1v) is 4.74. The Labute approximate surface area is 79.8 Å². The Bertz CT molecular complexity index is 289. The number of carbonyl (C=O) groups excluding carboxylic acids is 1. The quantitative estimate of drug-likeness (QED) is 0.509. The highest BCUT2D eigenvalue weighted by Gasteiger charge is 1.95. The van der Waals surface area contributed by atoms with Crippen LogP contribution in [0.25, 0.3) is 0 Å². The van der Waals surface area contributed by atoms with Crippen LogP contribution in [0.4, 0.5) is 0 Å². The van der Waals surface area contributed by atoms with Gasteiger partial charge < -0.3 is 4.79 Å². The highest BCUT2D eigenvalue weighted by molar-refractivity contribution is 5.49. The zero-order valence-electron chi connectivity index (χ0n) is 8.34. The number of aldehydes is 1. The molecule has 0 aliphatic rings. The summed E-state index contributed by atoms with van der Waals surface area (Å²) >= 11 is 0. The van der Waals surface area contributed by atoms with E-state index in [-0.39, 0.29) is 0 Å². The summed E-state index contributed by atoms with van der Waals surface area (Å²) in [6.45, 7) is 4.24. The van der Waals surface area contributed by atoms with E-state index in [1.165, 1.54) is 16.7 Å². The summed E-state index contributed by atoms with van der Waals surface area (Å²) in [4.78, 5) is 10.1. The lowest BCUT2D eigenvalue weighted by atomic mass is 10.0. The zero-order valence-corrected chi connectivity index (χ0v) is 8.34. The molecule has 1 nitrogen and oxygen atoms in total. The van der Waals surface area contributed by atoms with Crippen molar-refractivity contribution in [1.29, 1.82) is 0 Å². The summed E-state index contributed by atoms with van der Waals surface area (Å²) in [6, 6.07) is 6.50. The van der Waals surface area contributed by atoms with Crippen molar-refractivity contribution in [1.82, 2.24) is 0 Å². The molecule has 0 atom stereocenters. The molecule has 0 fully saturated rings. The van der Waals surface area contributed by atoms with Gasteiger partial charge in [-0.2, -0.15) is 0 Å². The molecule has 0 aliphatic heterocycles. The fourth-order valence-corrected chi connectivity index (χ4v) is 1.35. The molecule has 0 N–H and O–H groups in total. The van der Waals surface area contributed by atoms with Gasteiger partial charge in [-0.3, -0.25) is 0 Å². The van der Waals surface area contributed by atoms with Crippen LogP contribution in [-0.2, 0) is 11.2 Å². The predicted molar refractivity (Wildman–Crippen MR) is 54.9 cm³/mol. The van der Waals surface area contributed by atoms with Crippen LogP contribution in [0.1, 0.15) is 29.5 Å². The van der Waals surface area contributed by atoms with Crippen LogP contribution in [0.5, 0.6) is 0 Å². The van der Waals surface area contributed by atoms with Crippen molar-refractivity contribution in [2.75, 3.05) is 0 Å². The van der Waals surface area contributed by atoms with E-state index in [2.05, 4.69) is 32.0 Å². The van der Waals surface area contributed by atoms with Gasteiger partial charge in [0.15, 0.2) is 0 Å². The van der Waals surface area contributed by atoms with Crippen molar-refractivity contribution in [3.8, 4) is 0 Å². The summed E-state index contributed by atoms with van der Waals surface area (Å²) in [5.41, 5.74) is 4.01. The highest BCUT2D eigenvalue weighted by Crippen LogP contribution is 2.11. The monoisotopic (exact) mass is 176 g/mol. The molecule has 0 radical (unpaired) electrons. The molecule has 0 amide bonds. The Kier molecular flexibility index (Phi) is 3.69. The van der Waals surface area contributed by atoms with E-state index in [0.29, 0.717) is 6.42 Å². The fourth-order valence-electron chi connectivity index (χ4n) is 1.35. The molecule has 13 heavy (non-hydrogen) atoms. The van der Waals surface area contributed by atoms with Crippen molar-refractivity contribution in [2.45, 2.75) is 33.1 Å². The molecule has 0 unspecified atom stereocenters. The molecule has 1 rings (SSSR count). The van der Waals surface area contributed by atoms with Gasteiger partial charge >= 0.3 is 0 Å². The molecular formula is C12H16O. The molecule has 1 aromatic rings. The maximum atomic E-state index is 10.1. The zero-order chi connectivity index (χ0) is 9.68. The van der Waals surface area contributed by atoms with E-state index >= 15 is 0 Å². The molecule has 70 valence electrons. The second kappa shape index (κ2) is 4.80. The standard InChI is InChI=1S/C12H16O/c1-10-6-7-12(9-11(10)2)5-3-4-8-13/h6-9H,3-5H2,1-2H3. The molecule has 1 aromatic carbocycles. The van der Waals surface area contributed by atoms with Crippen LogP contribution in [0.3, 0.4) is 0 Å². The Morgan fingerprint density at radius 2 is 2.00 bits per heavy atom. The van der Waals surface area contributed by atoms with Gasteiger partial charge in [0.05, 0.1) is 0 Å². The minimum Gasteiger partial charge on any atom is -0.303 e. The third-order valence-electron chi connectivity index (χ3n) is 2.36. The van der Waals surface area contributed by atoms with Crippen molar-refractivity contribution in [3.63, 3.8) is 0 Å². The van der Waals surface area contributed by atoms with E-state index < -0.39 is 0 Å². The van der Waals surface area contributed by atoms with Gasteiger partial charge in [0.2, 0.25) is 0 Å². The maximum Gasteiger partial charge on any atom is 0.120 e. The Morgan fingerprint density at radius 3 is 2.62 bits per heavy atom. The Balaban J connectivity index is 2.57. The summed E-state index contributed by atoms with van der Waals surface area (Å²) in [5, 5.41) is 0. The number of rotatable bonds is 4. The Morgan fingerprint density at radius 1 is 1.23 bits per heavy atom. The highest BCUT2D eigenvalue weighted by atomic mass is 16.1. The predicted octanol–water partition coefficient (Wildman–Crippen LogP) is 2.83. The normalized spacial score (nSPS) is 10.0. The molecule has 1 heteroatoms. The third-order valence-corrected chi connectivity index (χ3v) is 2.36. The minimum absolute atomic E-state index is 0.674. The van der Waals surface area contributed by atoms with E-state index in [1.807, 2.05) is 0 Å². The van der Waals surface area contributed by atoms with E-state index in [0.717, 1.165) is 19.1 Å². The third kappa shape index (κ3) is 3.02.